The number of hydrogen-bond donors (Lipinski definition) is 2. The molecule has 0 spiro atoms. The number of H-pyrrole nitrogens is 1. The van der Waals surface area contributed by atoms with E-state index in [1.807, 2.05) is 4.90 Å². The van der Waals surface area contributed by atoms with Gasteiger partial charge in [-0.05, 0) is 44.2 Å². The minimum atomic E-state index is 0.00727. The van der Waals surface area contributed by atoms with E-state index in [9.17, 15) is 4.79 Å². The van der Waals surface area contributed by atoms with Gasteiger partial charge in [-0.2, -0.15) is 0 Å². The third-order valence-corrected chi connectivity index (χ3v) is 5.26. The maximum Gasteiger partial charge on any atom is 0.318 e. The van der Waals surface area contributed by atoms with Crippen LogP contribution in [0.5, 0.6) is 0 Å². The monoisotopic (exact) mass is 329 g/mol. The first-order valence-corrected chi connectivity index (χ1v) is 8.73. The van der Waals surface area contributed by atoms with E-state index < -0.39 is 0 Å². The largest absolute Gasteiger partial charge is 0.461 e. The number of aromatic nitrogens is 3. The minimum Gasteiger partial charge on any atom is -0.461 e. The van der Waals surface area contributed by atoms with Crippen LogP contribution in [0.4, 0.5) is 4.79 Å². The topological polar surface area (TPSA) is 87.1 Å². The highest BCUT2D eigenvalue weighted by atomic mass is 16.3. The molecule has 0 radical (unpaired) electrons. The molecule has 4 rings (SSSR count). The number of nitrogens with zero attached hydrogens (tertiary/aromatic N) is 3. The summed E-state index contributed by atoms with van der Waals surface area (Å²) in [6.07, 6.45) is 7.63. The molecule has 2 aliphatic rings. The van der Waals surface area contributed by atoms with Crippen molar-refractivity contribution in [1.29, 1.82) is 0 Å². The molecule has 1 saturated carbocycles. The standard InChI is InChI=1S/C17H23N5O2/c1-11-9-12-5-2-3-6-13(12)22(11)17(23)18-10-15-19-16(21-20-15)14-7-4-8-24-14/h4,7-8,11-13H,2-3,5-6,9-10H2,1H3,(H,18,23)(H,19,20,21)/t11-,12+,13+/m1/s1. The zero-order valence-corrected chi connectivity index (χ0v) is 13.9. The van der Waals surface area contributed by atoms with E-state index in [2.05, 4.69) is 27.4 Å². The SMILES string of the molecule is C[C@@H]1C[C@@H]2CCCC[C@@H]2N1C(=O)NCc1nc(-c2ccco2)n[nH]1. The van der Waals surface area contributed by atoms with Crippen LogP contribution < -0.4 is 5.32 Å². The summed E-state index contributed by atoms with van der Waals surface area (Å²) >= 11 is 0. The van der Waals surface area contributed by atoms with Crippen molar-refractivity contribution in [3.63, 3.8) is 0 Å². The molecule has 2 aromatic rings. The van der Waals surface area contributed by atoms with Crippen molar-refractivity contribution in [3.05, 3.63) is 24.2 Å². The lowest BCUT2D eigenvalue weighted by Gasteiger charge is -2.33. The van der Waals surface area contributed by atoms with Gasteiger partial charge in [-0.25, -0.2) is 9.78 Å². The first kappa shape index (κ1) is 15.2. The van der Waals surface area contributed by atoms with E-state index in [1.165, 1.54) is 19.3 Å². The molecule has 2 N–H and O–H groups in total. The summed E-state index contributed by atoms with van der Waals surface area (Å²) in [7, 11) is 0. The van der Waals surface area contributed by atoms with Crippen molar-refractivity contribution >= 4 is 6.03 Å². The van der Waals surface area contributed by atoms with E-state index in [1.54, 1.807) is 18.4 Å². The molecule has 2 fully saturated rings. The van der Waals surface area contributed by atoms with Gasteiger partial charge in [0.15, 0.2) is 5.76 Å². The first-order chi connectivity index (χ1) is 11.7. The molecule has 0 unspecified atom stereocenters. The number of urea groups is 1. The maximum absolute atomic E-state index is 12.7. The Bertz CT molecular complexity index is 696. The smallest absolute Gasteiger partial charge is 0.318 e. The molecule has 24 heavy (non-hydrogen) atoms. The molecule has 7 nitrogen and oxygen atoms in total. The van der Waals surface area contributed by atoms with Crippen molar-refractivity contribution in [2.75, 3.05) is 0 Å². The third-order valence-electron chi connectivity index (χ3n) is 5.26. The Balaban J connectivity index is 1.38. The molecule has 128 valence electrons. The summed E-state index contributed by atoms with van der Waals surface area (Å²) in [5.41, 5.74) is 0. The van der Waals surface area contributed by atoms with Crippen LogP contribution in [0.25, 0.3) is 11.6 Å². The predicted molar refractivity (Wildman–Crippen MR) is 88.0 cm³/mol. The Hall–Kier alpha value is -2.31. The van der Waals surface area contributed by atoms with Gasteiger partial charge in [-0.3, -0.25) is 5.10 Å². The second kappa shape index (κ2) is 6.30. The average molecular weight is 329 g/mol. The quantitative estimate of drug-likeness (QED) is 0.906. The number of hydrogen-bond acceptors (Lipinski definition) is 4. The second-order valence-corrected chi connectivity index (χ2v) is 6.85. The number of carbonyl (C=O) groups is 1. The van der Waals surface area contributed by atoms with Gasteiger partial charge in [0.1, 0.15) is 5.82 Å². The second-order valence-electron chi connectivity index (χ2n) is 6.85. The summed E-state index contributed by atoms with van der Waals surface area (Å²) < 4.78 is 5.27. The van der Waals surface area contributed by atoms with Crippen LogP contribution in [0, 0.1) is 5.92 Å². The van der Waals surface area contributed by atoms with Crippen LogP contribution in [0.1, 0.15) is 44.9 Å². The fourth-order valence-electron chi connectivity index (χ4n) is 4.20. The molecule has 2 aromatic heterocycles. The Kier molecular flexibility index (Phi) is 4.00. The van der Waals surface area contributed by atoms with E-state index >= 15 is 0 Å². The highest BCUT2D eigenvalue weighted by molar-refractivity contribution is 5.75. The minimum absolute atomic E-state index is 0.00727. The van der Waals surface area contributed by atoms with Gasteiger partial charge >= 0.3 is 6.03 Å². The Labute approximate surface area is 140 Å². The van der Waals surface area contributed by atoms with Gasteiger partial charge in [0, 0.05) is 12.1 Å². The van der Waals surface area contributed by atoms with Crippen molar-refractivity contribution < 1.29 is 9.21 Å². The number of aromatic amines is 1. The summed E-state index contributed by atoms with van der Waals surface area (Å²) in [6, 6.07) is 4.32. The molecule has 2 amide bonds. The fraction of sp³-hybridized carbons (Fsp3) is 0.588. The van der Waals surface area contributed by atoms with Crippen molar-refractivity contribution in [1.82, 2.24) is 25.4 Å². The highest BCUT2D eigenvalue weighted by Crippen LogP contribution is 2.39. The summed E-state index contributed by atoms with van der Waals surface area (Å²) in [5.74, 6) is 2.42. The molecular formula is C17H23N5O2. The van der Waals surface area contributed by atoms with Crippen LogP contribution in [0.3, 0.4) is 0 Å². The van der Waals surface area contributed by atoms with E-state index in [4.69, 9.17) is 4.42 Å². The molecule has 1 saturated heterocycles. The van der Waals surface area contributed by atoms with Gasteiger partial charge in [0.25, 0.3) is 0 Å². The lowest BCUT2D eigenvalue weighted by Crippen LogP contribution is -2.47. The Morgan fingerprint density at radius 3 is 3.17 bits per heavy atom. The summed E-state index contributed by atoms with van der Waals surface area (Å²) in [4.78, 5) is 19.1. The summed E-state index contributed by atoms with van der Waals surface area (Å²) in [6.45, 7) is 2.49. The molecule has 3 atom stereocenters. The molecule has 0 aromatic carbocycles. The number of carbonyl (C=O) groups excluding carboxylic acids is 1. The predicted octanol–water partition coefficient (Wildman–Crippen LogP) is 2.93. The van der Waals surface area contributed by atoms with Crippen LogP contribution >= 0.6 is 0 Å². The molecule has 3 heterocycles. The zero-order valence-electron chi connectivity index (χ0n) is 13.9. The van der Waals surface area contributed by atoms with Gasteiger partial charge in [0.05, 0.1) is 12.8 Å². The van der Waals surface area contributed by atoms with E-state index in [0.717, 1.165) is 12.8 Å². The normalized spacial score (nSPS) is 26.4. The number of rotatable bonds is 3. The Morgan fingerprint density at radius 2 is 2.33 bits per heavy atom. The van der Waals surface area contributed by atoms with Crippen molar-refractivity contribution in [2.45, 2.75) is 57.7 Å². The molecule has 1 aliphatic carbocycles. The van der Waals surface area contributed by atoms with Crippen LogP contribution in [-0.4, -0.2) is 38.2 Å². The molecule has 0 bridgehead atoms. The van der Waals surface area contributed by atoms with Crippen molar-refractivity contribution in [2.24, 2.45) is 5.92 Å². The van der Waals surface area contributed by atoms with Gasteiger partial charge in [0.2, 0.25) is 5.82 Å². The number of nitrogens with one attached hydrogen (secondary N) is 2. The maximum atomic E-state index is 12.7. The van der Waals surface area contributed by atoms with Crippen LogP contribution in [0.2, 0.25) is 0 Å². The molecular weight excluding hydrogens is 306 g/mol. The Morgan fingerprint density at radius 1 is 1.46 bits per heavy atom. The number of fused-ring (bicyclic) bond motifs is 1. The highest BCUT2D eigenvalue weighted by Gasteiger charge is 2.42. The van der Waals surface area contributed by atoms with Crippen LogP contribution in [-0.2, 0) is 6.54 Å². The first-order valence-electron chi connectivity index (χ1n) is 8.73. The lowest BCUT2D eigenvalue weighted by molar-refractivity contribution is 0.155. The van der Waals surface area contributed by atoms with Gasteiger partial charge in [-0.15, -0.1) is 5.10 Å². The molecule has 1 aliphatic heterocycles. The number of amides is 2. The van der Waals surface area contributed by atoms with Crippen LogP contribution in [0.15, 0.2) is 22.8 Å². The van der Waals surface area contributed by atoms with Gasteiger partial charge in [-0.1, -0.05) is 12.8 Å². The fourth-order valence-corrected chi connectivity index (χ4v) is 4.20. The average Bonchev–Trinajstić information content (AvgIpc) is 3.31. The van der Waals surface area contributed by atoms with Crippen molar-refractivity contribution in [3.8, 4) is 11.6 Å². The number of likely N-dealkylation sites (tertiary alicyclic amines) is 1. The zero-order chi connectivity index (χ0) is 16.5. The van der Waals surface area contributed by atoms with Gasteiger partial charge < -0.3 is 14.6 Å². The van der Waals surface area contributed by atoms with E-state index in [-0.39, 0.29) is 6.03 Å². The third kappa shape index (κ3) is 2.79. The molecule has 7 heteroatoms. The summed E-state index contributed by atoms with van der Waals surface area (Å²) in [5, 5.41) is 9.96. The number of furan rings is 1. The lowest BCUT2D eigenvalue weighted by atomic mass is 9.85. The van der Waals surface area contributed by atoms with E-state index in [0.29, 0.717) is 42.0 Å².